The van der Waals surface area contributed by atoms with Gasteiger partial charge >= 0.3 is 7.12 Å². The Bertz CT molecular complexity index is 1070. The van der Waals surface area contributed by atoms with Crippen LogP contribution in [0.25, 0.3) is 11.0 Å². The first-order valence-electron chi connectivity index (χ1n) is 10.7. The van der Waals surface area contributed by atoms with Crippen LogP contribution in [-0.2, 0) is 20.3 Å². The number of aromatic nitrogens is 2. The first-order valence-corrected chi connectivity index (χ1v) is 12.2. The van der Waals surface area contributed by atoms with Crippen molar-refractivity contribution in [2.24, 2.45) is 5.41 Å². The fourth-order valence-corrected chi connectivity index (χ4v) is 8.60. The number of H-pyrrole nitrogens is 1. The fourth-order valence-electron chi connectivity index (χ4n) is 6.45. The number of hydrogen-bond donors (Lipinski definition) is 2. The van der Waals surface area contributed by atoms with Crippen molar-refractivity contribution in [3.05, 3.63) is 24.0 Å². The summed E-state index contributed by atoms with van der Waals surface area (Å²) < 4.78 is 34.2. The van der Waals surface area contributed by atoms with Gasteiger partial charge in [-0.3, -0.25) is 0 Å². The maximum atomic E-state index is 13.2. The number of pyridine rings is 1. The molecule has 3 fully saturated rings. The van der Waals surface area contributed by atoms with Crippen molar-refractivity contribution in [1.29, 1.82) is 0 Å². The second-order valence-electron chi connectivity index (χ2n) is 9.54. The third-order valence-corrected chi connectivity index (χ3v) is 10.1. The summed E-state index contributed by atoms with van der Waals surface area (Å²) in [6.45, 7) is 1.20. The highest BCUT2D eigenvalue weighted by molar-refractivity contribution is 7.89. The highest BCUT2D eigenvalue weighted by atomic mass is 32.2. The van der Waals surface area contributed by atoms with Gasteiger partial charge in [-0.25, -0.2) is 17.7 Å². The molecule has 2 N–H and O–H groups in total. The largest absolute Gasteiger partial charge is 0.493 e. The first-order chi connectivity index (χ1) is 13.9. The van der Waals surface area contributed by atoms with E-state index in [1.165, 1.54) is 0 Å². The van der Waals surface area contributed by atoms with E-state index < -0.39 is 22.7 Å². The number of nitrogens with one attached hydrogen (secondary N) is 1. The molecule has 4 heterocycles. The van der Waals surface area contributed by atoms with Gasteiger partial charge in [0.25, 0.3) is 0 Å². The second kappa shape index (κ2) is 6.06. The summed E-state index contributed by atoms with van der Waals surface area (Å²) in [6.07, 6.45) is 10.7. The summed E-state index contributed by atoms with van der Waals surface area (Å²) in [5.74, 6) is 0. The van der Waals surface area contributed by atoms with Crippen molar-refractivity contribution in [2.45, 2.75) is 62.2 Å². The van der Waals surface area contributed by atoms with E-state index in [2.05, 4.69) is 9.97 Å². The average molecular weight is 415 g/mol. The van der Waals surface area contributed by atoms with Crippen LogP contribution in [0.2, 0.25) is 0 Å². The Kier molecular flexibility index (Phi) is 3.84. The molecule has 0 amide bonds. The van der Waals surface area contributed by atoms with Gasteiger partial charge in [-0.05, 0) is 49.1 Å². The summed E-state index contributed by atoms with van der Waals surface area (Å²) >= 11 is 0. The SMILES string of the molecule is O=S(=O)(C1CCCCC1)N1CCC2(C1)CC1(C2)OB(O)c2cnc3[nH]ccc3c21. The van der Waals surface area contributed by atoms with Crippen LogP contribution in [0.15, 0.2) is 18.5 Å². The number of nitrogens with zero attached hydrogens (tertiary/aromatic N) is 2. The quantitative estimate of drug-likeness (QED) is 0.727. The van der Waals surface area contributed by atoms with E-state index in [1.54, 1.807) is 10.5 Å². The fraction of sp³-hybridized carbons (Fsp3) is 0.650. The van der Waals surface area contributed by atoms with Crippen LogP contribution in [0, 0.1) is 5.41 Å². The lowest BCUT2D eigenvalue weighted by Crippen LogP contribution is -2.52. The Morgan fingerprint density at radius 2 is 2.07 bits per heavy atom. The molecule has 154 valence electrons. The Hall–Kier alpha value is -1.42. The molecule has 1 saturated heterocycles. The lowest BCUT2D eigenvalue weighted by Gasteiger charge is -2.53. The van der Waals surface area contributed by atoms with Crippen LogP contribution >= 0.6 is 0 Å². The van der Waals surface area contributed by atoms with Crippen LogP contribution in [0.1, 0.15) is 56.9 Å². The number of hydrogen-bond acceptors (Lipinski definition) is 5. The van der Waals surface area contributed by atoms with Gasteiger partial charge < -0.3 is 14.7 Å². The Morgan fingerprint density at radius 1 is 1.28 bits per heavy atom. The monoisotopic (exact) mass is 415 g/mol. The third kappa shape index (κ3) is 2.54. The van der Waals surface area contributed by atoms with E-state index in [1.807, 2.05) is 12.3 Å². The summed E-state index contributed by atoms with van der Waals surface area (Å²) in [7, 11) is -4.17. The van der Waals surface area contributed by atoms with Gasteiger partial charge in [0.05, 0.1) is 10.9 Å². The van der Waals surface area contributed by atoms with E-state index >= 15 is 0 Å². The average Bonchev–Trinajstić information content (AvgIpc) is 3.40. The van der Waals surface area contributed by atoms with Gasteiger partial charge in [-0.1, -0.05) is 19.3 Å². The minimum Gasteiger partial charge on any atom is -0.423 e. The normalized spacial score (nSPS) is 33.1. The molecule has 0 aromatic carbocycles. The molecule has 9 heteroatoms. The van der Waals surface area contributed by atoms with Gasteiger partial charge in [0.1, 0.15) is 5.65 Å². The maximum Gasteiger partial charge on any atom is 0.493 e. The molecule has 6 rings (SSSR count). The second-order valence-corrected chi connectivity index (χ2v) is 11.7. The molecule has 0 unspecified atom stereocenters. The molecule has 2 aliphatic heterocycles. The summed E-state index contributed by atoms with van der Waals surface area (Å²) in [4.78, 5) is 7.53. The third-order valence-electron chi connectivity index (χ3n) is 7.73. The van der Waals surface area contributed by atoms with Crippen LogP contribution in [-0.4, -0.2) is 53.2 Å². The summed E-state index contributed by atoms with van der Waals surface area (Å²) in [5.41, 5.74) is 2.01. The molecule has 2 saturated carbocycles. The van der Waals surface area contributed by atoms with E-state index in [0.29, 0.717) is 13.1 Å². The summed E-state index contributed by atoms with van der Waals surface area (Å²) in [5, 5.41) is 11.3. The van der Waals surface area contributed by atoms with Crippen LogP contribution in [0.5, 0.6) is 0 Å². The number of fused-ring (bicyclic) bond motifs is 4. The molecule has 4 aliphatic rings. The van der Waals surface area contributed by atoms with Gasteiger partial charge in [-0.2, -0.15) is 0 Å². The molecule has 0 radical (unpaired) electrons. The minimum atomic E-state index is -3.21. The van der Waals surface area contributed by atoms with E-state index in [-0.39, 0.29) is 10.7 Å². The Morgan fingerprint density at radius 3 is 2.86 bits per heavy atom. The standard InChI is InChI=1S/C20H26BN3O4S/c25-21-16-10-23-18-15(6-8-22-18)17(16)20(28-21)11-19(12-20)7-9-24(13-19)29(26,27)14-4-2-1-3-5-14/h6,8,10,14,25H,1-5,7,9,11-13H2,(H,22,23). The van der Waals surface area contributed by atoms with Crippen molar-refractivity contribution in [3.8, 4) is 0 Å². The Balaban J connectivity index is 1.26. The summed E-state index contributed by atoms with van der Waals surface area (Å²) in [6, 6.07) is 1.99. The number of sulfonamides is 1. The van der Waals surface area contributed by atoms with Crippen LogP contribution < -0.4 is 5.46 Å². The van der Waals surface area contributed by atoms with Crippen molar-refractivity contribution >= 4 is 33.6 Å². The van der Waals surface area contributed by atoms with E-state index in [4.69, 9.17) is 4.65 Å². The lowest BCUT2D eigenvalue weighted by molar-refractivity contribution is -0.108. The maximum absolute atomic E-state index is 13.2. The minimum absolute atomic E-state index is 0.0467. The zero-order valence-electron chi connectivity index (χ0n) is 16.4. The van der Waals surface area contributed by atoms with Crippen LogP contribution in [0.4, 0.5) is 0 Å². The molecule has 7 nitrogen and oxygen atoms in total. The molecule has 2 aromatic rings. The topological polar surface area (TPSA) is 95.5 Å². The predicted molar refractivity (Wildman–Crippen MR) is 110 cm³/mol. The Labute approximate surface area is 171 Å². The molecule has 2 aliphatic carbocycles. The predicted octanol–water partition coefficient (Wildman–Crippen LogP) is 1.62. The molecule has 2 aromatic heterocycles. The van der Waals surface area contributed by atoms with Crippen molar-refractivity contribution in [3.63, 3.8) is 0 Å². The number of aromatic amines is 1. The van der Waals surface area contributed by atoms with Crippen molar-refractivity contribution in [2.75, 3.05) is 13.1 Å². The molecule has 2 spiro atoms. The molecular weight excluding hydrogens is 389 g/mol. The smallest absolute Gasteiger partial charge is 0.423 e. The highest BCUT2D eigenvalue weighted by Crippen LogP contribution is 2.62. The van der Waals surface area contributed by atoms with E-state index in [9.17, 15) is 13.4 Å². The van der Waals surface area contributed by atoms with Crippen molar-refractivity contribution in [1.82, 2.24) is 14.3 Å². The zero-order valence-corrected chi connectivity index (χ0v) is 17.2. The van der Waals surface area contributed by atoms with Crippen molar-refractivity contribution < 1.29 is 18.1 Å². The first kappa shape index (κ1) is 18.4. The molecule has 0 bridgehead atoms. The highest BCUT2D eigenvalue weighted by Gasteiger charge is 2.64. The molecule has 0 atom stereocenters. The zero-order chi connectivity index (χ0) is 19.9. The molecular formula is C20H26BN3O4S. The number of rotatable bonds is 2. The lowest BCUT2D eigenvalue weighted by atomic mass is 9.56. The van der Waals surface area contributed by atoms with Gasteiger partial charge in [-0.15, -0.1) is 0 Å². The molecule has 29 heavy (non-hydrogen) atoms. The van der Waals surface area contributed by atoms with Gasteiger partial charge in [0.15, 0.2) is 0 Å². The van der Waals surface area contributed by atoms with Gasteiger partial charge in [0, 0.05) is 36.3 Å². The van der Waals surface area contributed by atoms with Crippen LogP contribution in [0.3, 0.4) is 0 Å². The van der Waals surface area contributed by atoms with E-state index in [0.717, 1.165) is 73.4 Å². The van der Waals surface area contributed by atoms with Gasteiger partial charge in [0.2, 0.25) is 10.0 Å².